The summed E-state index contributed by atoms with van der Waals surface area (Å²) >= 11 is 4.90. The maximum Gasteiger partial charge on any atom is 0.260 e. The van der Waals surface area contributed by atoms with Crippen molar-refractivity contribution < 1.29 is 9.90 Å². The van der Waals surface area contributed by atoms with Gasteiger partial charge in [-0.3, -0.25) is 4.79 Å². The highest BCUT2D eigenvalue weighted by atomic mass is 32.1. The molecule has 0 spiro atoms. The van der Waals surface area contributed by atoms with Crippen molar-refractivity contribution in [3.8, 4) is 5.75 Å². The van der Waals surface area contributed by atoms with Crippen LogP contribution in [0.1, 0.15) is 25.3 Å². The normalized spacial score (nSPS) is 17.7. The van der Waals surface area contributed by atoms with Crippen LogP contribution in [0.25, 0.3) is 0 Å². The maximum absolute atomic E-state index is 12.6. The Morgan fingerprint density at radius 2 is 2.17 bits per heavy atom. The van der Waals surface area contributed by atoms with Crippen LogP contribution in [0.15, 0.2) is 29.4 Å². The van der Waals surface area contributed by atoms with Gasteiger partial charge in [-0.05, 0) is 44.4 Å². The van der Waals surface area contributed by atoms with Crippen LogP contribution in [0, 0.1) is 5.92 Å². The molecule has 6 nitrogen and oxygen atoms in total. The minimum Gasteiger partial charge on any atom is -0.507 e. The number of rotatable bonds is 6. The summed E-state index contributed by atoms with van der Waals surface area (Å²) in [5.74, 6) is -0.657. The first-order valence-electron chi connectivity index (χ1n) is 7.64. The van der Waals surface area contributed by atoms with Gasteiger partial charge in [-0.1, -0.05) is 25.5 Å². The first-order chi connectivity index (χ1) is 11.0. The number of nitrogens with zero attached hydrogens (tertiary/aromatic N) is 3. The second-order valence-electron chi connectivity index (χ2n) is 5.66. The van der Waals surface area contributed by atoms with Gasteiger partial charge in [0.1, 0.15) is 5.75 Å². The van der Waals surface area contributed by atoms with E-state index in [1.165, 1.54) is 0 Å². The standard InChI is InChI=1S/C16H22N4O2S/c1-3-4-9-19(2)10-12-14(11-7-5-6-8-13(11)21)18-20(15(12)22)16(17)23/h5-8,12,21H,3-4,9-10H2,1-2H3,(H2,17,23)/t12-/m1/s1. The Morgan fingerprint density at radius 1 is 1.48 bits per heavy atom. The maximum atomic E-state index is 12.6. The van der Waals surface area contributed by atoms with E-state index in [1.54, 1.807) is 24.3 Å². The third-order valence-corrected chi connectivity index (χ3v) is 3.99. The van der Waals surface area contributed by atoms with Gasteiger partial charge in [0.15, 0.2) is 5.11 Å². The fraction of sp³-hybridized carbons (Fsp3) is 0.438. The van der Waals surface area contributed by atoms with E-state index in [0.717, 1.165) is 24.4 Å². The molecule has 0 unspecified atom stereocenters. The van der Waals surface area contributed by atoms with E-state index in [-0.39, 0.29) is 16.8 Å². The van der Waals surface area contributed by atoms with Crippen molar-refractivity contribution in [1.29, 1.82) is 0 Å². The summed E-state index contributed by atoms with van der Waals surface area (Å²) in [6, 6.07) is 6.83. The number of amides is 1. The van der Waals surface area contributed by atoms with Crippen LogP contribution in [0.2, 0.25) is 0 Å². The molecule has 0 fully saturated rings. The molecule has 1 amide bonds. The molecule has 7 heteroatoms. The van der Waals surface area contributed by atoms with Gasteiger partial charge in [0.2, 0.25) is 0 Å². The molecule has 0 radical (unpaired) electrons. The van der Waals surface area contributed by atoms with Gasteiger partial charge in [0.25, 0.3) is 5.91 Å². The molecule has 1 heterocycles. The van der Waals surface area contributed by atoms with E-state index in [9.17, 15) is 9.90 Å². The number of benzene rings is 1. The van der Waals surface area contributed by atoms with Crippen LogP contribution in [-0.4, -0.2) is 51.9 Å². The average molecular weight is 334 g/mol. The quantitative estimate of drug-likeness (QED) is 0.771. The predicted octanol–water partition coefficient (Wildman–Crippen LogP) is 1.53. The molecule has 1 aliphatic heterocycles. The van der Waals surface area contributed by atoms with E-state index < -0.39 is 5.92 Å². The highest BCUT2D eigenvalue weighted by molar-refractivity contribution is 7.80. The van der Waals surface area contributed by atoms with Crippen LogP contribution in [0.3, 0.4) is 0 Å². The fourth-order valence-electron chi connectivity index (χ4n) is 2.58. The molecule has 124 valence electrons. The van der Waals surface area contributed by atoms with E-state index in [2.05, 4.69) is 16.9 Å². The van der Waals surface area contributed by atoms with Crippen LogP contribution in [-0.2, 0) is 4.79 Å². The molecular formula is C16H22N4O2S. The van der Waals surface area contributed by atoms with Crippen LogP contribution in [0.5, 0.6) is 5.75 Å². The third kappa shape index (κ3) is 3.86. The molecule has 23 heavy (non-hydrogen) atoms. The molecule has 1 aliphatic rings. The van der Waals surface area contributed by atoms with Crippen LogP contribution >= 0.6 is 12.2 Å². The summed E-state index contributed by atoms with van der Waals surface area (Å²) < 4.78 is 0. The largest absolute Gasteiger partial charge is 0.507 e. The lowest BCUT2D eigenvalue weighted by Gasteiger charge is -2.21. The van der Waals surface area contributed by atoms with Crippen molar-refractivity contribution in [2.75, 3.05) is 20.1 Å². The van der Waals surface area contributed by atoms with E-state index in [1.807, 2.05) is 7.05 Å². The van der Waals surface area contributed by atoms with Gasteiger partial charge in [0, 0.05) is 12.1 Å². The van der Waals surface area contributed by atoms with E-state index >= 15 is 0 Å². The molecule has 0 bridgehead atoms. The molecule has 0 saturated carbocycles. The highest BCUT2D eigenvalue weighted by Crippen LogP contribution is 2.27. The lowest BCUT2D eigenvalue weighted by atomic mass is 9.95. The number of hydrazone groups is 1. The number of hydrogen-bond acceptors (Lipinski definition) is 5. The van der Waals surface area contributed by atoms with Crippen molar-refractivity contribution in [3.05, 3.63) is 29.8 Å². The first-order valence-corrected chi connectivity index (χ1v) is 8.05. The predicted molar refractivity (Wildman–Crippen MR) is 94.2 cm³/mol. The minimum atomic E-state index is -0.494. The van der Waals surface area contributed by atoms with E-state index in [4.69, 9.17) is 18.0 Å². The summed E-state index contributed by atoms with van der Waals surface area (Å²) in [4.78, 5) is 14.7. The number of para-hydroxylation sites is 1. The fourth-order valence-corrected chi connectivity index (χ4v) is 2.71. The molecule has 1 atom stereocenters. The molecular weight excluding hydrogens is 312 g/mol. The molecule has 0 saturated heterocycles. The smallest absolute Gasteiger partial charge is 0.260 e. The Labute approximate surface area is 141 Å². The number of unbranched alkanes of at least 4 members (excludes halogenated alkanes) is 1. The Balaban J connectivity index is 2.30. The third-order valence-electron chi connectivity index (χ3n) is 3.82. The lowest BCUT2D eigenvalue weighted by molar-refractivity contribution is -0.128. The lowest BCUT2D eigenvalue weighted by Crippen LogP contribution is -2.40. The summed E-state index contributed by atoms with van der Waals surface area (Å²) in [6.45, 7) is 3.52. The number of phenolic OH excluding ortho intramolecular Hbond substituents is 1. The highest BCUT2D eigenvalue weighted by Gasteiger charge is 2.39. The topological polar surface area (TPSA) is 82.2 Å². The average Bonchev–Trinajstić information content (AvgIpc) is 2.83. The van der Waals surface area contributed by atoms with Gasteiger partial charge < -0.3 is 15.7 Å². The summed E-state index contributed by atoms with van der Waals surface area (Å²) in [6.07, 6.45) is 2.14. The number of hydrogen-bond donors (Lipinski definition) is 2. The van der Waals surface area contributed by atoms with Crippen molar-refractivity contribution in [2.24, 2.45) is 16.8 Å². The Morgan fingerprint density at radius 3 is 2.78 bits per heavy atom. The van der Waals surface area contributed by atoms with Crippen molar-refractivity contribution in [1.82, 2.24) is 9.91 Å². The molecule has 0 aromatic heterocycles. The monoisotopic (exact) mass is 334 g/mol. The number of aromatic hydroxyl groups is 1. The number of carbonyl (C=O) groups is 1. The molecule has 3 N–H and O–H groups in total. The van der Waals surface area contributed by atoms with Crippen molar-refractivity contribution >= 4 is 28.9 Å². The zero-order valence-corrected chi connectivity index (χ0v) is 14.2. The van der Waals surface area contributed by atoms with Crippen molar-refractivity contribution in [2.45, 2.75) is 19.8 Å². The van der Waals surface area contributed by atoms with Crippen LogP contribution in [0.4, 0.5) is 0 Å². The second kappa shape index (κ2) is 7.52. The van der Waals surface area contributed by atoms with Gasteiger partial charge >= 0.3 is 0 Å². The molecule has 2 rings (SSSR count). The number of carbonyl (C=O) groups excluding carboxylic acids is 1. The first kappa shape index (κ1) is 17.4. The zero-order valence-electron chi connectivity index (χ0n) is 13.4. The number of thiocarbonyl (C=S) groups is 1. The van der Waals surface area contributed by atoms with Gasteiger partial charge in [-0.15, -0.1) is 0 Å². The Bertz CT molecular complexity index is 632. The molecule has 1 aromatic carbocycles. The minimum absolute atomic E-state index is 0.0818. The zero-order chi connectivity index (χ0) is 17.0. The molecule has 0 aliphatic carbocycles. The van der Waals surface area contributed by atoms with Gasteiger partial charge in [0.05, 0.1) is 11.6 Å². The van der Waals surface area contributed by atoms with Gasteiger partial charge in [-0.2, -0.15) is 10.1 Å². The van der Waals surface area contributed by atoms with Crippen molar-refractivity contribution in [3.63, 3.8) is 0 Å². The SMILES string of the molecule is CCCCN(C)C[C@H]1C(=O)N(C(N)=S)N=C1c1ccccc1O. The Hall–Kier alpha value is -1.99. The Kier molecular flexibility index (Phi) is 5.68. The number of nitrogens with two attached hydrogens (primary N) is 1. The number of phenols is 1. The summed E-state index contributed by atoms with van der Waals surface area (Å²) in [5.41, 5.74) is 6.63. The second-order valence-corrected chi connectivity index (χ2v) is 6.08. The summed E-state index contributed by atoms with van der Waals surface area (Å²) in [5, 5.41) is 15.3. The molecule has 1 aromatic rings. The summed E-state index contributed by atoms with van der Waals surface area (Å²) in [7, 11) is 1.97. The van der Waals surface area contributed by atoms with E-state index in [0.29, 0.717) is 17.8 Å². The van der Waals surface area contributed by atoms with Gasteiger partial charge in [-0.25, -0.2) is 0 Å². The van der Waals surface area contributed by atoms with Crippen LogP contribution < -0.4 is 5.73 Å².